The van der Waals surface area contributed by atoms with E-state index in [0.717, 1.165) is 19.3 Å². The summed E-state index contributed by atoms with van der Waals surface area (Å²) in [6, 6.07) is -0.352. The molecule has 0 aliphatic heterocycles. The van der Waals surface area contributed by atoms with E-state index >= 15 is 0 Å². The lowest BCUT2D eigenvalue weighted by Crippen LogP contribution is -2.51. The molecule has 0 spiro atoms. The molecule has 5 heteroatoms. The highest BCUT2D eigenvalue weighted by Crippen LogP contribution is 2.44. The lowest BCUT2D eigenvalue weighted by Gasteiger charge is -2.41. The molecule has 0 heterocycles. The van der Waals surface area contributed by atoms with Crippen LogP contribution in [0.4, 0.5) is 0 Å². The number of carbonyl (C=O) groups excluding carboxylic acids is 1. The first-order valence-corrected chi connectivity index (χ1v) is 6.45. The highest BCUT2D eigenvalue weighted by atomic mass is 16.5. The summed E-state index contributed by atoms with van der Waals surface area (Å²) in [6.07, 6.45) is 3.51. The molecule has 0 aromatic heterocycles. The Hall–Kier alpha value is -1.10. The van der Waals surface area contributed by atoms with Crippen molar-refractivity contribution in [2.45, 2.75) is 45.6 Å². The molecule has 1 aliphatic carbocycles. The van der Waals surface area contributed by atoms with E-state index in [1.54, 1.807) is 21.0 Å². The van der Waals surface area contributed by atoms with Gasteiger partial charge in [-0.2, -0.15) is 0 Å². The molecule has 2 unspecified atom stereocenters. The molecule has 1 rings (SSSR count). The quantitative estimate of drug-likeness (QED) is 0.723. The van der Waals surface area contributed by atoms with Gasteiger partial charge in [0, 0.05) is 19.8 Å². The van der Waals surface area contributed by atoms with Crippen molar-refractivity contribution < 1.29 is 19.4 Å². The summed E-state index contributed by atoms with van der Waals surface area (Å²) in [6.45, 7) is 3.91. The zero-order valence-corrected chi connectivity index (χ0v) is 11.4. The van der Waals surface area contributed by atoms with Gasteiger partial charge >= 0.3 is 5.97 Å². The number of carboxylic acid groups (broad SMARTS) is 1. The number of amides is 1. The predicted octanol–water partition coefficient (Wildman–Crippen LogP) is 1.42. The van der Waals surface area contributed by atoms with Crippen molar-refractivity contribution in [3.8, 4) is 0 Å². The highest BCUT2D eigenvalue weighted by molar-refractivity contribution is 5.84. The summed E-state index contributed by atoms with van der Waals surface area (Å²) in [5.41, 5.74) is -0.331. The van der Waals surface area contributed by atoms with Gasteiger partial charge in [-0.25, -0.2) is 0 Å². The molecule has 0 saturated heterocycles. The molecule has 18 heavy (non-hydrogen) atoms. The Kier molecular flexibility index (Phi) is 5.14. The van der Waals surface area contributed by atoms with Crippen LogP contribution in [0.1, 0.15) is 39.5 Å². The van der Waals surface area contributed by atoms with Crippen LogP contribution in [-0.2, 0) is 14.3 Å². The van der Waals surface area contributed by atoms with Crippen molar-refractivity contribution in [2.75, 3.05) is 13.7 Å². The number of rotatable bonds is 7. The molecular formula is C13H23NO4. The van der Waals surface area contributed by atoms with Gasteiger partial charge in [0.2, 0.25) is 5.91 Å². The summed E-state index contributed by atoms with van der Waals surface area (Å²) in [4.78, 5) is 23.1. The average molecular weight is 257 g/mol. The van der Waals surface area contributed by atoms with Crippen LogP contribution in [0, 0.1) is 11.3 Å². The maximum atomic E-state index is 12.2. The minimum atomic E-state index is -0.887. The molecule has 1 aliphatic rings. The second kappa shape index (κ2) is 6.18. The largest absolute Gasteiger partial charge is 0.481 e. The van der Waals surface area contributed by atoms with Crippen LogP contribution >= 0.6 is 0 Å². The monoisotopic (exact) mass is 257 g/mol. The summed E-state index contributed by atoms with van der Waals surface area (Å²) >= 11 is 0. The summed E-state index contributed by atoms with van der Waals surface area (Å²) in [7, 11) is 1.62. The van der Waals surface area contributed by atoms with E-state index in [1.807, 2.05) is 0 Å². The van der Waals surface area contributed by atoms with Crippen molar-refractivity contribution in [1.82, 2.24) is 5.32 Å². The van der Waals surface area contributed by atoms with Gasteiger partial charge in [-0.15, -0.1) is 0 Å². The number of methoxy groups -OCH3 is 1. The minimum absolute atomic E-state index is 0.0219. The maximum Gasteiger partial charge on any atom is 0.308 e. The van der Waals surface area contributed by atoms with Crippen LogP contribution in [0.3, 0.4) is 0 Å². The topological polar surface area (TPSA) is 75.6 Å². The van der Waals surface area contributed by atoms with Crippen molar-refractivity contribution >= 4 is 11.9 Å². The molecule has 104 valence electrons. The number of hydrogen-bond donors (Lipinski definition) is 2. The predicted molar refractivity (Wildman–Crippen MR) is 67.2 cm³/mol. The molecule has 0 aromatic rings. The smallest absolute Gasteiger partial charge is 0.308 e. The zero-order chi connectivity index (χ0) is 13.8. The Morgan fingerprint density at radius 2 is 2.00 bits per heavy atom. The van der Waals surface area contributed by atoms with E-state index in [4.69, 9.17) is 9.84 Å². The third-order valence-electron chi connectivity index (χ3n) is 4.08. The van der Waals surface area contributed by atoms with Gasteiger partial charge in [0.15, 0.2) is 0 Å². The minimum Gasteiger partial charge on any atom is -0.481 e. The molecule has 1 saturated carbocycles. The second-order valence-electron chi connectivity index (χ2n) is 5.27. The molecule has 2 atom stereocenters. The molecule has 2 N–H and O–H groups in total. The number of aliphatic carboxylic acids is 1. The number of carboxylic acids is 1. The van der Waals surface area contributed by atoms with E-state index < -0.39 is 11.9 Å². The molecular weight excluding hydrogens is 234 g/mol. The van der Waals surface area contributed by atoms with Crippen molar-refractivity contribution in [2.24, 2.45) is 11.3 Å². The van der Waals surface area contributed by atoms with Crippen LogP contribution in [0.25, 0.3) is 0 Å². The van der Waals surface area contributed by atoms with E-state index in [-0.39, 0.29) is 17.4 Å². The number of nitrogens with one attached hydrogen (secondary N) is 1. The Morgan fingerprint density at radius 3 is 2.39 bits per heavy atom. The van der Waals surface area contributed by atoms with E-state index in [1.165, 1.54) is 0 Å². The normalized spacial score (nSPS) is 20.6. The molecule has 0 radical (unpaired) electrons. The lowest BCUT2D eigenvalue weighted by atomic mass is 9.66. The zero-order valence-electron chi connectivity index (χ0n) is 11.4. The van der Waals surface area contributed by atoms with Crippen molar-refractivity contribution in [1.29, 1.82) is 0 Å². The first-order chi connectivity index (χ1) is 8.43. The van der Waals surface area contributed by atoms with Gasteiger partial charge in [0.1, 0.15) is 0 Å². The first-order valence-electron chi connectivity index (χ1n) is 6.45. The fraction of sp³-hybridized carbons (Fsp3) is 0.846. The lowest BCUT2D eigenvalue weighted by molar-refractivity contribution is -0.143. The van der Waals surface area contributed by atoms with Gasteiger partial charge in [-0.3, -0.25) is 9.59 Å². The Labute approximate surface area is 108 Å². The van der Waals surface area contributed by atoms with Crippen LogP contribution in [0.2, 0.25) is 0 Å². The highest BCUT2D eigenvalue weighted by Gasteiger charge is 2.44. The summed E-state index contributed by atoms with van der Waals surface area (Å²) < 4.78 is 5.04. The molecule has 0 aromatic carbocycles. The molecule has 1 fully saturated rings. The molecule has 1 amide bonds. The Bertz CT molecular complexity index is 312. The fourth-order valence-electron chi connectivity index (χ4n) is 2.19. The van der Waals surface area contributed by atoms with Gasteiger partial charge in [0.05, 0.1) is 11.3 Å². The molecule has 0 bridgehead atoms. The third kappa shape index (κ3) is 3.22. The Morgan fingerprint density at radius 1 is 1.39 bits per heavy atom. The van der Waals surface area contributed by atoms with Gasteiger partial charge in [0.25, 0.3) is 0 Å². The SMILES string of the molecule is COCCC1(C(=O)NC(C)C(C)C(=O)O)CCC1. The second-order valence-corrected chi connectivity index (χ2v) is 5.27. The van der Waals surface area contributed by atoms with Crippen LogP contribution in [0.5, 0.6) is 0 Å². The van der Waals surface area contributed by atoms with Crippen LogP contribution < -0.4 is 5.32 Å². The van der Waals surface area contributed by atoms with E-state index in [2.05, 4.69) is 5.32 Å². The van der Waals surface area contributed by atoms with Crippen molar-refractivity contribution in [3.05, 3.63) is 0 Å². The van der Waals surface area contributed by atoms with E-state index in [9.17, 15) is 9.59 Å². The standard InChI is InChI=1S/C13H23NO4/c1-9(11(15)16)10(2)14-12(17)13(5-4-6-13)7-8-18-3/h9-10H,4-8H2,1-3H3,(H,14,17)(H,15,16). The van der Waals surface area contributed by atoms with Crippen LogP contribution in [0.15, 0.2) is 0 Å². The third-order valence-corrected chi connectivity index (χ3v) is 4.08. The van der Waals surface area contributed by atoms with Gasteiger partial charge in [-0.05, 0) is 33.1 Å². The van der Waals surface area contributed by atoms with Gasteiger partial charge in [-0.1, -0.05) is 6.42 Å². The number of ether oxygens (including phenoxy) is 1. The fourth-order valence-corrected chi connectivity index (χ4v) is 2.19. The van der Waals surface area contributed by atoms with Crippen molar-refractivity contribution in [3.63, 3.8) is 0 Å². The van der Waals surface area contributed by atoms with E-state index in [0.29, 0.717) is 13.0 Å². The van der Waals surface area contributed by atoms with Gasteiger partial charge < -0.3 is 15.2 Å². The first kappa shape index (κ1) is 15.0. The average Bonchev–Trinajstić information content (AvgIpc) is 2.26. The summed E-state index contributed by atoms with van der Waals surface area (Å²) in [5.74, 6) is -1.48. The maximum absolute atomic E-state index is 12.2. The number of hydrogen-bond acceptors (Lipinski definition) is 3. The number of carbonyl (C=O) groups is 2. The summed E-state index contributed by atoms with van der Waals surface area (Å²) in [5, 5.41) is 11.7. The Balaban J connectivity index is 2.55. The van der Waals surface area contributed by atoms with Crippen LogP contribution in [-0.4, -0.2) is 36.7 Å². The molecule has 5 nitrogen and oxygen atoms in total.